The molecule has 130 heavy (non-hydrogen) atoms. The number of benzene rings is 21. The zero-order chi connectivity index (χ0) is 85.4. The number of rotatable bonds is 11. The summed E-state index contributed by atoms with van der Waals surface area (Å²) in [5.74, 6) is 1.40. The molecule has 0 amide bonds. The van der Waals surface area contributed by atoms with Crippen LogP contribution in [0.15, 0.2) is 461 Å². The van der Waals surface area contributed by atoms with Crippen LogP contribution < -0.4 is 0 Å². The van der Waals surface area contributed by atoms with Gasteiger partial charge >= 0.3 is 0 Å². The predicted molar refractivity (Wildman–Crippen MR) is 545 cm³/mol. The van der Waals surface area contributed by atoms with Gasteiger partial charge in [0.1, 0.15) is 0 Å². The molecule has 0 N–H and O–H groups in total. The lowest BCUT2D eigenvalue weighted by atomic mass is 9.95. The summed E-state index contributed by atoms with van der Waals surface area (Å²) in [4.78, 5) is 20.8. The monoisotopic (exact) mass is 1650 g/mol. The Kier molecular flexibility index (Phi) is 17.2. The standard InChI is InChI=1S/C64H40N4.C58H36N4/c1-4-19-41(20-5-1)45-37-46(42-21-6-2-7-22-42)40-48(39-45)68-58-36-35-57-59(61(58)60-51-29-12-10-27-49(51)50-28-11-13-30-52(50)63(60)68)54-32-15-17-34-56(54)67(57)47-26-18-25-44(38-47)64-65-55-33-16-14-31-53(55)62(66-64)43-23-8-3-9-24-43;1-3-16-37(17-4-1)38-30-32-41(33-31-38)62-52-35-34-51-53(55(52)54-45-24-9-7-22-43(45)44-23-8-10-25-46(44)57(54)62)48-27-12-14-29-50(48)61(51)42-21-15-20-40(36-42)58-59-49-28-13-11-26-47(49)56(60-58)39-18-5-2-6-19-39/h1-40H;1-36H. The molecule has 6 aromatic heterocycles. The van der Waals surface area contributed by atoms with E-state index in [1.165, 1.54) is 136 Å². The van der Waals surface area contributed by atoms with Crippen molar-refractivity contribution in [1.29, 1.82) is 0 Å². The van der Waals surface area contributed by atoms with Crippen molar-refractivity contribution in [3.05, 3.63) is 461 Å². The molecule has 0 spiro atoms. The van der Waals surface area contributed by atoms with Gasteiger partial charge in [-0.3, -0.25) is 0 Å². The molecule has 0 aliphatic heterocycles. The van der Waals surface area contributed by atoms with E-state index < -0.39 is 0 Å². The van der Waals surface area contributed by atoms with Crippen molar-refractivity contribution in [2.75, 3.05) is 0 Å². The number of hydrogen-bond acceptors (Lipinski definition) is 4. The molecule has 0 radical (unpaired) electrons. The molecule has 8 heteroatoms. The molecule has 0 saturated carbocycles. The smallest absolute Gasteiger partial charge is 0.160 e. The molecule has 0 unspecified atom stereocenters. The molecule has 6 heterocycles. The zero-order valence-corrected chi connectivity index (χ0v) is 70.5. The van der Waals surface area contributed by atoms with Crippen molar-refractivity contribution in [2.45, 2.75) is 0 Å². The van der Waals surface area contributed by atoms with Crippen LogP contribution in [0.4, 0.5) is 0 Å². The van der Waals surface area contributed by atoms with E-state index in [0.717, 1.165) is 106 Å². The molecular formula is C122H76N8. The van der Waals surface area contributed by atoms with Crippen LogP contribution in [0.1, 0.15) is 0 Å². The van der Waals surface area contributed by atoms with Gasteiger partial charge in [-0.25, -0.2) is 19.9 Å². The molecule has 0 saturated heterocycles. The average Bonchev–Trinajstić information content (AvgIpc) is 1.53. The van der Waals surface area contributed by atoms with E-state index in [-0.39, 0.29) is 0 Å². The lowest BCUT2D eigenvalue weighted by Crippen LogP contribution is -1.98. The van der Waals surface area contributed by atoms with Crippen LogP contribution in [0.5, 0.6) is 0 Å². The van der Waals surface area contributed by atoms with Gasteiger partial charge in [-0.2, -0.15) is 0 Å². The van der Waals surface area contributed by atoms with E-state index in [0.29, 0.717) is 11.6 Å². The van der Waals surface area contributed by atoms with Crippen LogP contribution in [0, 0.1) is 0 Å². The Morgan fingerprint density at radius 2 is 0.431 bits per heavy atom. The van der Waals surface area contributed by atoms with Gasteiger partial charge in [-0.15, -0.1) is 0 Å². The third-order valence-electron chi connectivity index (χ3n) is 26.5. The molecule has 21 aromatic carbocycles. The molecule has 604 valence electrons. The number of para-hydroxylation sites is 4. The van der Waals surface area contributed by atoms with Crippen LogP contribution in [0.3, 0.4) is 0 Å². The number of aromatic nitrogens is 8. The van der Waals surface area contributed by atoms with Crippen molar-refractivity contribution in [3.8, 4) is 101 Å². The summed E-state index contributed by atoms with van der Waals surface area (Å²) in [5.41, 5.74) is 28.6. The quantitative estimate of drug-likeness (QED) is 0.121. The van der Waals surface area contributed by atoms with E-state index >= 15 is 0 Å². The molecule has 0 aliphatic carbocycles. The van der Waals surface area contributed by atoms with E-state index in [4.69, 9.17) is 19.9 Å². The fraction of sp³-hybridized carbons (Fsp3) is 0. The summed E-state index contributed by atoms with van der Waals surface area (Å²) >= 11 is 0. The van der Waals surface area contributed by atoms with Crippen molar-refractivity contribution in [2.24, 2.45) is 0 Å². The molecule has 0 bridgehead atoms. The highest BCUT2D eigenvalue weighted by Gasteiger charge is 2.29. The number of nitrogens with zero attached hydrogens (tertiary/aromatic N) is 8. The Morgan fingerprint density at radius 1 is 0.138 bits per heavy atom. The molecular weight excluding hydrogens is 1580 g/mol. The Morgan fingerprint density at radius 3 is 0.838 bits per heavy atom. The average molecular weight is 1650 g/mol. The highest BCUT2D eigenvalue weighted by molar-refractivity contribution is 6.40. The summed E-state index contributed by atoms with van der Waals surface area (Å²) in [6, 6.07) is 166. The topological polar surface area (TPSA) is 71.3 Å². The minimum atomic E-state index is 0.696. The molecule has 27 aromatic rings. The second-order valence-electron chi connectivity index (χ2n) is 33.8. The molecule has 0 fully saturated rings. The SMILES string of the molecule is c1ccc(-c2cc(-c3ccccc3)cc(-n3c4ccc5c(c6ccccc6n5-c5cccc(-c6nc(-c7ccccc7)c7ccccc7n6)c5)c4c4c5ccccc5c5ccccc5c43)c2)cc1.c1ccc(-c2ccc(-n3c4ccc5c(c6ccccc6n5-c5cccc(-c6nc(-c7ccccc7)c7ccccc7n6)c5)c4c4c5ccccc5c5ccccc5c43)cc2)cc1. The van der Waals surface area contributed by atoms with Gasteiger partial charge < -0.3 is 18.3 Å². The lowest BCUT2D eigenvalue weighted by molar-refractivity contribution is 1.17. The Bertz CT molecular complexity index is 9220. The third-order valence-corrected chi connectivity index (χ3v) is 26.5. The van der Waals surface area contributed by atoms with Crippen LogP contribution in [-0.2, 0) is 0 Å². The van der Waals surface area contributed by atoms with Crippen molar-refractivity contribution in [3.63, 3.8) is 0 Å². The third kappa shape index (κ3) is 11.9. The second kappa shape index (κ2) is 30.2. The highest BCUT2D eigenvalue weighted by atomic mass is 15.0. The van der Waals surface area contributed by atoms with Crippen LogP contribution in [0.2, 0.25) is 0 Å². The van der Waals surface area contributed by atoms with Crippen LogP contribution in [0.25, 0.3) is 254 Å². The maximum Gasteiger partial charge on any atom is 0.160 e. The largest absolute Gasteiger partial charge is 0.309 e. The predicted octanol–water partition coefficient (Wildman–Crippen LogP) is 31.9. The molecule has 0 aliphatic rings. The van der Waals surface area contributed by atoms with E-state index in [9.17, 15) is 0 Å². The first-order chi connectivity index (χ1) is 64.5. The van der Waals surface area contributed by atoms with Crippen molar-refractivity contribution >= 4 is 152 Å². The Labute approximate surface area is 747 Å². The summed E-state index contributed by atoms with van der Waals surface area (Å²) in [6.45, 7) is 0. The fourth-order valence-corrected chi connectivity index (χ4v) is 20.9. The van der Waals surface area contributed by atoms with Gasteiger partial charge in [0.15, 0.2) is 11.6 Å². The number of fused-ring (bicyclic) bond motifs is 26. The van der Waals surface area contributed by atoms with Crippen molar-refractivity contribution in [1.82, 2.24) is 38.2 Å². The summed E-state index contributed by atoms with van der Waals surface area (Å²) in [7, 11) is 0. The Balaban J connectivity index is 0.000000137. The summed E-state index contributed by atoms with van der Waals surface area (Å²) < 4.78 is 9.91. The van der Waals surface area contributed by atoms with Gasteiger partial charge in [0.25, 0.3) is 0 Å². The maximum absolute atomic E-state index is 5.28. The lowest BCUT2D eigenvalue weighted by Gasteiger charge is -2.15. The maximum atomic E-state index is 5.28. The van der Waals surface area contributed by atoms with E-state index in [2.05, 4.69) is 455 Å². The van der Waals surface area contributed by atoms with Gasteiger partial charge in [-0.1, -0.05) is 358 Å². The second-order valence-corrected chi connectivity index (χ2v) is 33.8. The first-order valence-electron chi connectivity index (χ1n) is 44.4. The van der Waals surface area contributed by atoms with Crippen molar-refractivity contribution < 1.29 is 0 Å². The Hall–Kier alpha value is -17.5. The minimum absolute atomic E-state index is 0.696. The number of hydrogen-bond donors (Lipinski definition) is 0. The van der Waals surface area contributed by atoms with Crippen LogP contribution in [-0.4, -0.2) is 38.2 Å². The summed E-state index contributed by atoms with van der Waals surface area (Å²) in [5, 5.41) is 21.9. The fourth-order valence-electron chi connectivity index (χ4n) is 20.9. The molecule has 0 atom stereocenters. The van der Waals surface area contributed by atoms with Gasteiger partial charge in [0.05, 0.1) is 66.6 Å². The summed E-state index contributed by atoms with van der Waals surface area (Å²) in [6.07, 6.45) is 0. The molecule has 8 nitrogen and oxygen atoms in total. The van der Waals surface area contributed by atoms with E-state index in [1.54, 1.807) is 0 Å². The first-order valence-corrected chi connectivity index (χ1v) is 44.4. The zero-order valence-electron chi connectivity index (χ0n) is 70.5. The molecule has 27 rings (SSSR count). The first kappa shape index (κ1) is 74.0. The van der Waals surface area contributed by atoms with E-state index in [1.807, 2.05) is 24.3 Å². The van der Waals surface area contributed by atoms with Crippen LogP contribution >= 0.6 is 0 Å². The normalized spacial score (nSPS) is 11.8. The minimum Gasteiger partial charge on any atom is -0.309 e. The van der Waals surface area contributed by atoms with Gasteiger partial charge in [-0.05, 0) is 169 Å². The van der Waals surface area contributed by atoms with Gasteiger partial charge in [0.2, 0.25) is 0 Å². The van der Waals surface area contributed by atoms with Gasteiger partial charge in [0, 0.05) is 110 Å². The highest BCUT2D eigenvalue weighted by Crippen LogP contribution is 2.52.